The Morgan fingerprint density at radius 2 is 2.17 bits per heavy atom. The molecule has 0 aromatic heterocycles. The average Bonchev–Trinajstić information content (AvgIpc) is 2.27. The number of rotatable bonds is 6. The molecule has 0 saturated carbocycles. The van der Waals surface area contributed by atoms with Crippen molar-refractivity contribution in [2.24, 2.45) is 0 Å². The van der Waals surface area contributed by atoms with Gasteiger partial charge in [0.1, 0.15) is 0 Å². The first-order chi connectivity index (χ1) is 8.42. The fourth-order valence-electron chi connectivity index (χ4n) is 2.13. The van der Waals surface area contributed by atoms with Crippen LogP contribution in [0, 0.1) is 0 Å². The highest BCUT2D eigenvalue weighted by Crippen LogP contribution is 2.11. The number of hydrogen-bond donors (Lipinski definition) is 2. The van der Waals surface area contributed by atoms with Crippen molar-refractivity contribution < 1.29 is 13.2 Å². The van der Waals surface area contributed by atoms with Crippen molar-refractivity contribution in [1.82, 2.24) is 14.9 Å². The summed E-state index contributed by atoms with van der Waals surface area (Å²) in [5.74, 6) is 0.0935. The number of nitrogens with one attached hydrogen (secondary N) is 2. The predicted molar refractivity (Wildman–Crippen MR) is 70.7 cm³/mol. The summed E-state index contributed by atoms with van der Waals surface area (Å²) < 4.78 is 24.9. The molecule has 1 unspecified atom stereocenters. The molecular formula is C11H23N3O3S. The Labute approximate surface area is 109 Å². The molecule has 18 heavy (non-hydrogen) atoms. The van der Waals surface area contributed by atoms with E-state index in [1.165, 1.54) is 0 Å². The zero-order valence-corrected chi connectivity index (χ0v) is 11.9. The van der Waals surface area contributed by atoms with Gasteiger partial charge in [0.25, 0.3) is 0 Å². The van der Waals surface area contributed by atoms with Crippen LogP contribution in [-0.4, -0.2) is 57.7 Å². The Hall–Kier alpha value is -0.660. The van der Waals surface area contributed by atoms with Gasteiger partial charge in [0.05, 0.1) is 6.26 Å². The van der Waals surface area contributed by atoms with Crippen LogP contribution in [0.25, 0.3) is 0 Å². The van der Waals surface area contributed by atoms with Gasteiger partial charge < -0.3 is 10.2 Å². The predicted octanol–water partition coefficient (Wildman–Crippen LogP) is -0.474. The first kappa shape index (κ1) is 15.4. The number of hydrogen-bond acceptors (Lipinski definition) is 4. The van der Waals surface area contributed by atoms with Crippen LogP contribution in [-0.2, 0) is 14.8 Å². The number of sulfonamides is 1. The summed E-state index contributed by atoms with van der Waals surface area (Å²) in [4.78, 5) is 13.6. The van der Waals surface area contributed by atoms with Crippen molar-refractivity contribution in [1.29, 1.82) is 0 Å². The Balaban J connectivity index is 2.40. The highest BCUT2D eigenvalue weighted by molar-refractivity contribution is 7.88. The largest absolute Gasteiger partial charge is 0.341 e. The van der Waals surface area contributed by atoms with Crippen molar-refractivity contribution in [3.05, 3.63) is 0 Å². The van der Waals surface area contributed by atoms with Crippen LogP contribution >= 0.6 is 0 Å². The normalized spacial score (nSPS) is 21.0. The maximum Gasteiger partial charge on any atom is 0.223 e. The van der Waals surface area contributed by atoms with E-state index in [0.717, 1.165) is 32.2 Å². The second-order valence-electron chi connectivity index (χ2n) is 4.67. The first-order valence-electron chi connectivity index (χ1n) is 6.38. The van der Waals surface area contributed by atoms with Gasteiger partial charge in [-0.25, -0.2) is 13.1 Å². The minimum Gasteiger partial charge on any atom is -0.341 e. The second kappa shape index (κ2) is 7.06. The zero-order chi connectivity index (χ0) is 13.6. The molecule has 1 amide bonds. The lowest BCUT2D eigenvalue weighted by molar-refractivity contribution is -0.132. The Kier molecular flexibility index (Phi) is 6.04. The number of carbonyl (C=O) groups excluding carboxylic acids is 1. The molecule has 1 rings (SSSR count). The van der Waals surface area contributed by atoms with Crippen molar-refractivity contribution in [2.45, 2.75) is 32.2 Å². The fraction of sp³-hybridized carbons (Fsp3) is 0.909. The van der Waals surface area contributed by atoms with Crippen LogP contribution in [0.15, 0.2) is 0 Å². The molecule has 7 heteroatoms. The van der Waals surface area contributed by atoms with E-state index in [0.29, 0.717) is 19.5 Å². The van der Waals surface area contributed by atoms with Gasteiger partial charge in [-0.15, -0.1) is 0 Å². The fourth-order valence-corrected chi connectivity index (χ4v) is 2.93. The van der Waals surface area contributed by atoms with Gasteiger partial charge in [0, 0.05) is 32.1 Å². The monoisotopic (exact) mass is 277 g/mol. The minimum absolute atomic E-state index is 0.0935. The quantitative estimate of drug-likeness (QED) is 0.643. The van der Waals surface area contributed by atoms with E-state index in [-0.39, 0.29) is 11.9 Å². The van der Waals surface area contributed by atoms with Crippen molar-refractivity contribution in [3.63, 3.8) is 0 Å². The van der Waals surface area contributed by atoms with Gasteiger partial charge in [-0.1, -0.05) is 6.92 Å². The average molecular weight is 277 g/mol. The van der Waals surface area contributed by atoms with E-state index < -0.39 is 10.0 Å². The molecule has 6 nitrogen and oxygen atoms in total. The maximum absolute atomic E-state index is 11.9. The number of amides is 1. The van der Waals surface area contributed by atoms with E-state index in [9.17, 15) is 13.2 Å². The molecule has 1 heterocycles. The Morgan fingerprint density at radius 3 is 2.78 bits per heavy atom. The van der Waals surface area contributed by atoms with E-state index in [4.69, 9.17) is 0 Å². The number of carbonyl (C=O) groups is 1. The summed E-state index contributed by atoms with van der Waals surface area (Å²) >= 11 is 0. The lowest BCUT2D eigenvalue weighted by atomic mass is 10.1. The molecule has 106 valence electrons. The zero-order valence-electron chi connectivity index (χ0n) is 11.1. The van der Waals surface area contributed by atoms with Crippen LogP contribution in [0.3, 0.4) is 0 Å². The molecule has 1 fully saturated rings. The SMILES string of the molecule is CCNCCC(=O)N1CCCC(NS(C)(=O)=O)C1. The molecule has 1 atom stereocenters. The van der Waals surface area contributed by atoms with Crippen LogP contribution < -0.4 is 10.0 Å². The van der Waals surface area contributed by atoms with Crippen molar-refractivity contribution >= 4 is 15.9 Å². The highest BCUT2D eigenvalue weighted by atomic mass is 32.2. The van der Waals surface area contributed by atoms with Gasteiger partial charge in [-0.2, -0.15) is 0 Å². The third kappa shape index (κ3) is 5.79. The minimum atomic E-state index is -3.19. The molecule has 0 radical (unpaired) electrons. The maximum atomic E-state index is 11.9. The van der Waals surface area contributed by atoms with Crippen LogP contribution in [0.4, 0.5) is 0 Å². The molecule has 0 aliphatic carbocycles. The number of nitrogens with zero attached hydrogens (tertiary/aromatic N) is 1. The molecule has 0 spiro atoms. The molecule has 0 aromatic carbocycles. The summed E-state index contributed by atoms with van der Waals surface area (Å²) in [5, 5.41) is 3.11. The van der Waals surface area contributed by atoms with E-state index in [1.54, 1.807) is 4.90 Å². The standard InChI is InChI=1S/C11H23N3O3S/c1-3-12-7-6-11(15)14-8-4-5-10(9-14)13-18(2,16)17/h10,12-13H,3-9H2,1-2H3. The lowest BCUT2D eigenvalue weighted by Gasteiger charge is -2.32. The van der Waals surface area contributed by atoms with Gasteiger partial charge in [0.2, 0.25) is 15.9 Å². The Bertz CT molecular complexity index is 370. The van der Waals surface area contributed by atoms with Gasteiger partial charge in [-0.05, 0) is 19.4 Å². The molecule has 1 aliphatic heterocycles. The topological polar surface area (TPSA) is 78.5 Å². The highest BCUT2D eigenvalue weighted by Gasteiger charge is 2.24. The molecular weight excluding hydrogens is 254 g/mol. The summed E-state index contributed by atoms with van der Waals surface area (Å²) in [6, 6.07) is -0.142. The second-order valence-corrected chi connectivity index (χ2v) is 6.45. The molecule has 2 N–H and O–H groups in total. The van der Waals surface area contributed by atoms with E-state index >= 15 is 0 Å². The third-order valence-corrected chi connectivity index (χ3v) is 3.68. The van der Waals surface area contributed by atoms with Gasteiger partial charge in [0.15, 0.2) is 0 Å². The smallest absolute Gasteiger partial charge is 0.223 e. The van der Waals surface area contributed by atoms with E-state index in [1.807, 2.05) is 6.92 Å². The van der Waals surface area contributed by atoms with Crippen molar-refractivity contribution in [2.75, 3.05) is 32.4 Å². The number of likely N-dealkylation sites (tertiary alicyclic amines) is 1. The molecule has 1 saturated heterocycles. The summed E-state index contributed by atoms with van der Waals surface area (Å²) in [5.41, 5.74) is 0. The van der Waals surface area contributed by atoms with Gasteiger partial charge in [-0.3, -0.25) is 4.79 Å². The van der Waals surface area contributed by atoms with E-state index in [2.05, 4.69) is 10.0 Å². The number of piperidine rings is 1. The first-order valence-corrected chi connectivity index (χ1v) is 8.27. The van der Waals surface area contributed by atoms with Crippen LogP contribution in [0.5, 0.6) is 0 Å². The van der Waals surface area contributed by atoms with Crippen LogP contribution in [0.2, 0.25) is 0 Å². The Morgan fingerprint density at radius 1 is 1.44 bits per heavy atom. The third-order valence-electron chi connectivity index (χ3n) is 2.92. The summed E-state index contributed by atoms with van der Waals surface area (Å²) in [6.45, 7) is 4.74. The molecule has 0 aromatic rings. The van der Waals surface area contributed by atoms with Crippen LogP contribution in [0.1, 0.15) is 26.2 Å². The molecule has 0 bridgehead atoms. The summed E-state index contributed by atoms with van der Waals surface area (Å²) in [6.07, 6.45) is 3.27. The van der Waals surface area contributed by atoms with Gasteiger partial charge >= 0.3 is 0 Å². The molecule has 1 aliphatic rings. The lowest BCUT2D eigenvalue weighted by Crippen LogP contribution is -2.49. The van der Waals surface area contributed by atoms with Crippen molar-refractivity contribution in [3.8, 4) is 0 Å². The summed E-state index contributed by atoms with van der Waals surface area (Å²) in [7, 11) is -3.19.